The third kappa shape index (κ3) is 5.29. The maximum absolute atomic E-state index is 13.1. The molecule has 0 aliphatic carbocycles. The lowest BCUT2D eigenvalue weighted by atomic mass is 10.0. The molecule has 1 aromatic heterocycles. The van der Waals surface area contributed by atoms with Gasteiger partial charge in [-0.05, 0) is 51.0 Å². The van der Waals surface area contributed by atoms with Crippen molar-refractivity contribution in [2.75, 3.05) is 32.1 Å². The van der Waals surface area contributed by atoms with Gasteiger partial charge in [0.05, 0.1) is 6.54 Å². The third-order valence-corrected chi connectivity index (χ3v) is 4.97. The molecule has 1 aliphatic rings. The number of carbonyl (C=O) groups is 1. The molecule has 0 radical (unpaired) electrons. The summed E-state index contributed by atoms with van der Waals surface area (Å²) < 4.78 is 12.1. The molecule has 1 unspecified atom stereocenters. The first-order valence-electron chi connectivity index (χ1n) is 9.65. The van der Waals surface area contributed by atoms with Gasteiger partial charge in [-0.2, -0.15) is 0 Å². The largest absolute Gasteiger partial charge is 0.478 e. The second-order valence-electron chi connectivity index (χ2n) is 7.78. The van der Waals surface area contributed by atoms with Crippen LogP contribution in [0, 0.1) is 0 Å². The first-order chi connectivity index (χ1) is 13.8. The van der Waals surface area contributed by atoms with E-state index in [0.717, 1.165) is 12.8 Å². The predicted molar refractivity (Wildman–Crippen MR) is 113 cm³/mol. The number of amides is 1. The minimum absolute atomic E-state index is 0.0762. The average Bonchev–Trinajstić information content (AvgIpc) is 2.69. The quantitative estimate of drug-likeness (QED) is 0.716. The molecule has 156 valence electrons. The van der Waals surface area contributed by atoms with Crippen molar-refractivity contribution in [3.8, 4) is 11.6 Å². The number of carbonyl (C=O) groups excluding carboxylic acids is 1. The van der Waals surface area contributed by atoms with Gasteiger partial charge in [-0.1, -0.05) is 11.6 Å². The normalized spacial score (nSPS) is 17.0. The monoisotopic (exact) mass is 418 g/mol. The number of nitrogens with zero attached hydrogens (tertiary/aromatic N) is 4. The van der Waals surface area contributed by atoms with Crippen LogP contribution < -0.4 is 14.4 Å². The predicted octanol–water partition coefficient (Wildman–Crippen LogP) is 3.42. The van der Waals surface area contributed by atoms with Crippen LogP contribution in [0.3, 0.4) is 0 Å². The lowest BCUT2D eigenvalue weighted by molar-refractivity contribution is -0.148. The van der Waals surface area contributed by atoms with Crippen LogP contribution in [0.25, 0.3) is 0 Å². The minimum Gasteiger partial charge on any atom is -0.478 e. The standard InChI is InChI=1S/C21H27ClN4O3/c1-21(2,29-16-9-7-15(22)8-10-16)20(27)26-13-5-6-17(14-26)28-19-18(25(3)4)23-11-12-24-19/h7-12,17H,5-6,13-14H2,1-4H3. The number of benzene rings is 1. The third-order valence-electron chi connectivity index (χ3n) is 4.72. The first kappa shape index (κ1) is 21.2. The Hall–Kier alpha value is -2.54. The molecular weight excluding hydrogens is 392 g/mol. The number of aromatic nitrogens is 2. The molecule has 0 bridgehead atoms. The van der Waals surface area contributed by atoms with Crippen LogP contribution in [-0.4, -0.2) is 59.7 Å². The number of halogens is 1. The van der Waals surface area contributed by atoms with Gasteiger partial charge in [-0.25, -0.2) is 9.97 Å². The van der Waals surface area contributed by atoms with Crippen LogP contribution in [0.4, 0.5) is 5.82 Å². The lowest BCUT2D eigenvalue weighted by Gasteiger charge is -2.37. The Labute approximate surface area is 176 Å². The number of anilines is 1. The van der Waals surface area contributed by atoms with Gasteiger partial charge in [0.25, 0.3) is 11.8 Å². The SMILES string of the molecule is CN(C)c1nccnc1OC1CCCN(C(=O)C(C)(C)Oc2ccc(Cl)cc2)C1. The van der Waals surface area contributed by atoms with Crippen molar-refractivity contribution in [2.24, 2.45) is 0 Å². The number of hydrogen-bond acceptors (Lipinski definition) is 6. The van der Waals surface area contributed by atoms with Gasteiger partial charge in [0.15, 0.2) is 11.4 Å². The zero-order chi connectivity index (χ0) is 21.0. The molecule has 8 heteroatoms. The van der Waals surface area contributed by atoms with Gasteiger partial charge in [0.2, 0.25) is 0 Å². The van der Waals surface area contributed by atoms with Crippen LogP contribution in [0.2, 0.25) is 5.02 Å². The number of likely N-dealkylation sites (tertiary alicyclic amines) is 1. The van der Waals surface area contributed by atoms with Crippen molar-refractivity contribution < 1.29 is 14.3 Å². The van der Waals surface area contributed by atoms with Gasteiger partial charge < -0.3 is 19.3 Å². The second kappa shape index (κ2) is 8.86. The fourth-order valence-corrected chi connectivity index (χ4v) is 3.43. The van der Waals surface area contributed by atoms with Crippen LogP contribution in [0.5, 0.6) is 11.6 Å². The van der Waals surface area contributed by atoms with Crippen LogP contribution >= 0.6 is 11.6 Å². The molecule has 2 heterocycles. The number of ether oxygens (including phenoxy) is 2. The topological polar surface area (TPSA) is 67.8 Å². The molecule has 1 amide bonds. The van der Waals surface area contributed by atoms with Crippen molar-refractivity contribution in [1.82, 2.24) is 14.9 Å². The van der Waals surface area contributed by atoms with Gasteiger partial charge in [-0.3, -0.25) is 4.79 Å². The van der Waals surface area contributed by atoms with E-state index in [-0.39, 0.29) is 12.0 Å². The van der Waals surface area contributed by atoms with E-state index in [1.54, 1.807) is 55.4 Å². The van der Waals surface area contributed by atoms with E-state index in [1.807, 2.05) is 19.0 Å². The Bertz CT molecular complexity index is 842. The van der Waals surface area contributed by atoms with Crippen molar-refractivity contribution >= 4 is 23.3 Å². The fraction of sp³-hybridized carbons (Fsp3) is 0.476. The molecule has 1 fully saturated rings. The molecule has 1 aromatic carbocycles. The van der Waals surface area contributed by atoms with Crippen molar-refractivity contribution in [3.63, 3.8) is 0 Å². The Balaban J connectivity index is 1.66. The Morgan fingerprint density at radius 2 is 1.90 bits per heavy atom. The average molecular weight is 419 g/mol. The highest BCUT2D eigenvalue weighted by Gasteiger charge is 2.37. The van der Waals surface area contributed by atoms with E-state index < -0.39 is 5.60 Å². The summed E-state index contributed by atoms with van der Waals surface area (Å²) >= 11 is 5.92. The molecule has 0 saturated carbocycles. The van der Waals surface area contributed by atoms with Crippen LogP contribution in [-0.2, 0) is 4.79 Å². The number of hydrogen-bond donors (Lipinski definition) is 0. The molecule has 2 aromatic rings. The highest BCUT2D eigenvalue weighted by molar-refractivity contribution is 6.30. The summed E-state index contributed by atoms with van der Waals surface area (Å²) in [5.41, 5.74) is -1.00. The van der Waals surface area contributed by atoms with E-state index in [9.17, 15) is 4.79 Å². The molecule has 0 spiro atoms. The second-order valence-corrected chi connectivity index (χ2v) is 8.22. The first-order valence-corrected chi connectivity index (χ1v) is 10.0. The summed E-state index contributed by atoms with van der Waals surface area (Å²) in [6, 6.07) is 7.00. The number of piperidine rings is 1. The Kier molecular flexibility index (Phi) is 6.47. The summed E-state index contributed by atoms with van der Waals surface area (Å²) in [6.45, 7) is 4.71. The maximum atomic E-state index is 13.1. The zero-order valence-corrected chi connectivity index (χ0v) is 18.0. The highest BCUT2D eigenvalue weighted by Crippen LogP contribution is 2.27. The molecule has 1 aliphatic heterocycles. The molecule has 29 heavy (non-hydrogen) atoms. The van der Waals surface area contributed by atoms with E-state index in [2.05, 4.69) is 9.97 Å². The lowest BCUT2D eigenvalue weighted by Crippen LogP contribution is -2.53. The van der Waals surface area contributed by atoms with Crippen molar-refractivity contribution in [3.05, 3.63) is 41.7 Å². The van der Waals surface area contributed by atoms with Crippen molar-refractivity contribution in [1.29, 1.82) is 0 Å². The summed E-state index contributed by atoms with van der Waals surface area (Å²) in [5.74, 6) is 1.68. The van der Waals surface area contributed by atoms with E-state index >= 15 is 0 Å². The van der Waals surface area contributed by atoms with E-state index in [1.165, 1.54) is 0 Å². The Morgan fingerprint density at radius 1 is 1.21 bits per heavy atom. The summed E-state index contributed by atoms with van der Waals surface area (Å²) in [6.07, 6.45) is 4.80. The summed E-state index contributed by atoms with van der Waals surface area (Å²) in [4.78, 5) is 25.4. The summed E-state index contributed by atoms with van der Waals surface area (Å²) in [5, 5.41) is 0.624. The molecule has 7 nitrogen and oxygen atoms in total. The molecule has 1 atom stereocenters. The molecule has 0 N–H and O–H groups in total. The maximum Gasteiger partial charge on any atom is 0.266 e. The number of rotatable bonds is 6. The van der Waals surface area contributed by atoms with E-state index in [0.29, 0.717) is 35.6 Å². The molecule has 1 saturated heterocycles. The molecule has 3 rings (SSSR count). The van der Waals surface area contributed by atoms with Crippen LogP contribution in [0.1, 0.15) is 26.7 Å². The van der Waals surface area contributed by atoms with Gasteiger partial charge >= 0.3 is 0 Å². The fourth-order valence-electron chi connectivity index (χ4n) is 3.31. The zero-order valence-electron chi connectivity index (χ0n) is 17.3. The van der Waals surface area contributed by atoms with Crippen LogP contribution in [0.15, 0.2) is 36.7 Å². The smallest absolute Gasteiger partial charge is 0.266 e. The minimum atomic E-state index is -1.00. The molecular formula is C21H27ClN4O3. The summed E-state index contributed by atoms with van der Waals surface area (Å²) in [7, 11) is 3.79. The van der Waals surface area contributed by atoms with Crippen molar-refractivity contribution in [2.45, 2.75) is 38.4 Å². The van der Waals surface area contributed by atoms with E-state index in [4.69, 9.17) is 21.1 Å². The van der Waals surface area contributed by atoms with Gasteiger partial charge in [0, 0.05) is 38.1 Å². The van der Waals surface area contributed by atoms with Gasteiger partial charge in [0.1, 0.15) is 11.9 Å². The highest BCUT2D eigenvalue weighted by atomic mass is 35.5. The van der Waals surface area contributed by atoms with Gasteiger partial charge in [-0.15, -0.1) is 0 Å². The Morgan fingerprint density at radius 3 is 2.59 bits per heavy atom.